The highest BCUT2D eigenvalue weighted by Crippen LogP contribution is 2.18. The summed E-state index contributed by atoms with van der Waals surface area (Å²) >= 11 is 4.32. The second-order valence-electron chi connectivity index (χ2n) is 5.08. The van der Waals surface area contributed by atoms with Crippen molar-refractivity contribution in [2.24, 2.45) is 0 Å². The zero-order valence-corrected chi connectivity index (χ0v) is 12.9. The van der Waals surface area contributed by atoms with Crippen LogP contribution in [-0.2, 0) is 9.53 Å². The van der Waals surface area contributed by atoms with Crippen molar-refractivity contribution in [3.63, 3.8) is 0 Å². The minimum Gasteiger partial charge on any atom is -0.375 e. The molecular formula is C15H20N2O3S. The van der Waals surface area contributed by atoms with E-state index in [2.05, 4.69) is 17.9 Å². The lowest BCUT2D eigenvalue weighted by Crippen LogP contribution is -2.47. The van der Waals surface area contributed by atoms with E-state index in [0.29, 0.717) is 23.5 Å². The van der Waals surface area contributed by atoms with Gasteiger partial charge in [-0.1, -0.05) is 12.1 Å². The smallest absolute Gasteiger partial charge is 0.254 e. The molecule has 2 rings (SSSR count). The van der Waals surface area contributed by atoms with Crippen molar-refractivity contribution in [1.82, 2.24) is 10.2 Å². The molecule has 0 bridgehead atoms. The predicted octanol–water partition coefficient (Wildman–Crippen LogP) is 1.34. The first-order chi connectivity index (χ1) is 10.1. The summed E-state index contributed by atoms with van der Waals surface area (Å²) < 4.78 is 4.79. The summed E-state index contributed by atoms with van der Waals surface area (Å²) in [5.41, 5.74) is 0.628. The van der Waals surface area contributed by atoms with E-state index in [1.54, 1.807) is 6.07 Å². The van der Waals surface area contributed by atoms with Gasteiger partial charge in [0.25, 0.3) is 5.91 Å². The monoisotopic (exact) mass is 308 g/mol. The van der Waals surface area contributed by atoms with Gasteiger partial charge in [-0.2, -0.15) is 0 Å². The molecule has 0 spiro atoms. The first-order valence-electron chi connectivity index (χ1n) is 6.97. The number of carbonyl (C=O) groups excluding carboxylic acids is 2. The fraction of sp³-hybridized carbons (Fsp3) is 0.467. The molecule has 6 heteroatoms. The van der Waals surface area contributed by atoms with E-state index in [9.17, 15) is 9.59 Å². The van der Waals surface area contributed by atoms with Gasteiger partial charge >= 0.3 is 0 Å². The largest absolute Gasteiger partial charge is 0.375 e. The van der Waals surface area contributed by atoms with E-state index in [1.165, 1.54) is 7.11 Å². The molecular weight excluding hydrogens is 288 g/mol. The standard InChI is InChI=1S/C15H20N2O3S/c1-20-10-14(18)16-11-6-8-17(9-7-11)15(19)12-4-2-3-5-13(12)21/h2-5,11,21H,6-10H2,1H3,(H,16,18). The minimum absolute atomic E-state index is 0.00210. The highest BCUT2D eigenvalue weighted by Gasteiger charge is 2.25. The third kappa shape index (κ3) is 4.22. The van der Waals surface area contributed by atoms with Gasteiger partial charge in [0.15, 0.2) is 0 Å². The Kier molecular flexibility index (Phi) is 5.64. The summed E-state index contributed by atoms with van der Waals surface area (Å²) in [7, 11) is 1.50. The van der Waals surface area contributed by atoms with Crippen LogP contribution in [0.4, 0.5) is 0 Å². The number of benzene rings is 1. The molecule has 0 aliphatic carbocycles. The van der Waals surface area contributed by atoms with Gasteiger partial charge in [-0.15, -0.1) is 12.6 Å². The Balaban J connectivity index is 1.88. The summed E-state index contributed by atoms with van der Waals surface area (Å²) in [5.74, 6) is -0.106. The third-order valence-corrected chi connectivity index (χ3v) is 3.95. The maximum absolute atomic E-state index is 12.4. The number of thiol groups is 1. The summed E-state index contributed by atoms with van der Waals surface area (Å²) in [6.45, 7) is 1.35. The number of piperidine rings is 1. The van der Waals surface area contributed by atoms with Crippen LogP contribution >= 0.6 is 12.6 Å². The molecule has 1 N–H and O–H groups in total. The lowest BCUT2D eigenvalue weighted by atomic mass is 10.0. The topological polar surface area (TPSA) is 58.6 Å². The molecule has 1 aliphatic rings. The summed E-state index contributed by atoms with van der Waals surface area (Å²) in [6.07, 6.45) is 1.52. The van der Waals surface area contributed by atoms with Crippen molar-refractivity contribution < 1.29 is 14.3 Å². The van der Waals surface area contributed by atoms with E-state index in [1.807, 2.05) is 23.1 Å². The van der Waals surface area contributed by atoms with Crippen molar-refractivity contribution in [1.29, 1.82) is 0 Å². The maximum atomic E-state index is 12.4. The predicted molar refractivity (Wildman–Crippen MR) is 82.6 cm³/mol. The molecule has 1 heterocycles. The molecule has 0 unspecified atom stereocenters. The molecule has 1 saturated heterocycles. The van der Waals surface area contributed by atoms with Crippen LogP contribution < -0.4 is 5.32 Å². The lowest BCUT2D eigenvalue weighted by molar-refractivity contribution is -0.125. The number of hydrogen-bond acceptors (Lipinski definition) is 4. The van der Waals surface area contributed by atoms with Crippen LogP contribution in [0.3, 0.4) is 0 Å². The van der Waals surface area contributed by atoms with Gasteiger partial charge in [0.2, 0.25) is 5.91 Å². The number of rotatable bonds is 4. The Labute approximate surface area is 130 Å². The highest BCUT2D eigenvalue weighted by molar-refractivity contribution is 7.80. The lowest BCUT2D eigenvalue weighted by Gasteiger charge is -2.32. The first kappa shape index (κ1) is 15.9. The number of methoxy groups -OCH3 is 1. The van der Waals surface area contributed by atoms with Gasteiger partial charge in [-0.05, 0) is 25.0 Å². The SMILES string of the molecule is COCC(=O)NC1CCN(C(=O)c2ccccc2S)CC1. The molecule has 5 nitrogen and oxygen atoms in total. The summed E-state index contributed by atoms with van der Waals surface area (Å²) in [5, 5.41) is 2.91. The van der Waals surface area contributed by atoms with Crippen molar-refractivity contribution in [3.05, 3.63) is 29.8 Å². The molecule has 0 atom stereocenters. The molecule has 1 aromatic carbocycles. The number of hydrogen-bond donors (Lipinski definition) is 2. The van der Waals surface area contributed by atoms with Gasteiger partial charge < -0.3 is 15.0 Å². The van der Waals surface area contributed by atoms with Crippen molar-refractivity contribution in [3.8, 4) is 0 Å². The van der Waals surface area contributed by atoms with Crippen molar-refractivity contribution in [2.75, 3.05) is 26.8 Å². The second-order valence-corrected chi connectivity index (χ2v) is 5.57. The van der Waals surface area contributed by atoms with Crippen LogP contribution in [0.1, 0.15) is 23.2 Å². The number of carbonyl (C=O) groups is 2. The molecule has 1 fully saturated rings. The molecule has 1 aromatic rings. The summed E-state index contributed by atoms with van der Waals surface area (Å²) in [4.78, 5) is 26.4. The van der Waals surface area contributed by atoms with Crippen molar-refractivity contribution in [2.45, 2.75) is 23.8 Å². The van der Waals surface area contributed by atoms with Crippen LogP contribution in [0.15, 0.2) is 29.2 Å². The fourth-order valence-corrected chi connectivity index (χ4v) is 2.71. The van der Waals surface area contributed by atoms with E-state index in [4.69, 9.17) is 4.74 Å². The number of amides is 2. The Bertz CT molecular complexity index is 513. The average molecular weight is 308 g/mol. The number of ether oxygens (including phenoxy) is 1. The Morgan fingerprint density at radius 1 is 1.33 bits per heavy atom. The van der Waals surface area contributed by atoms with Crippen LogP contribution in [-0.4, -0.2) is 49.6 Å². The summed E-state index contributed by atoms with van der Waals surface area (Å²) in [6, 6.07) is 7.41. The van der Waals surface area contributed by atoms with Gasteiger partial charge in [-0.25, -0.2) is 0 Å². The molecule has 21 heavy (non-hydrogen) atoms. The molecule has 1 aliphatic heterocycles. The zero-order chi connectivity index (χ0) is 15.2. The van der Waals surface area contributed by atoms with Crippen LogP contribution in [0.2, 0.25) is 0 Å². The van der Waals surface area contributed by atoms with Gasteiger partial charge in [0, 0.05) is 31.1 Å². The van der Waals surface area contributed by atoms with E-state index in [0.717, 1.165) is 12.8 Å². The number of nitrogens with one attached hydrogen (secondary N) is 1. The fourth-order valence-electron chi connectivity index (χ4n) is 2.45. The van der Waals surface area contributed by atoms with Crippen molar-refractivity contribution >= 4 is 24.4 Å². The van der Waals surface area contributed by atoms with Crippen LogP contribution in [0, 0.1) is 0 Å². The maximum Gasteiger partial charge on any atom is 0.254 e. The Morgan fingerprint density at radius 2 is 2.00 bits per heavy atom. The van der Waals surface area contributed by atoms with Gasteiger partial charge in [0.05, 0.1) is 5.56 Å². The molecule has 114 valence electrons. The normalized spacial score (nSPS) is 15.8. The minimum atomic E-state index is -0.108. The quantitative estimate of drug-likeness (QED) is 0.825. The molecule has 0 aromatic heterocycles. The van der Waals surface area contributed by atoms with E-state index < -0.39 is 0 Å². The van der Waals surface area contributed by atoms with Gasteiger partial charge in [-0.3, -0.25) is 9.59 Å². The van der Waals surface area contributed by atoms with E-state index in [-0.39, 0.29) is 24.5 Å². The first-order valence-corrected chi connectivity index (χ1v) is 7.42. The van der Waals surface area contributed by atoms with Crippen LogP contribution in [0.25, 0.3) is 0 Å². The van der Waals surface area contributed by atoms with E-state index >= 15 is 0 Å². The highest BCUT2D eigenvalue weighted by atomic mass is 32.1. The molecule has 2 amide bonds. The second kappa shape index (κ2) is 7.47. The molecule has 0 radical (unpaired) electrons. The van der Waals surface area contributed by atoms with Gasteiger partial charge in [0.1, 0.15) is 6.61 Å². The van der Waals surface area contributed by atoms with Crippen LogP contribution in [0.5, 0.6) is 0 Å². The average Bonchev–Trinajstić information content (AvgIpc) is 2.48. The third-order valence-electron chi connectivity index (χ3n) is 3.56. The Morgan fingerprint density at radius 3 is 2.62 bits per heavy atom. The Hall–Kier alpha value is -1.53. The zero-order valence-electron chi connectivity index (χ0n) is 12.0. The number of likely N-dealkylation sites (tertiary alicyclic amines) is 1. The molecule has 0 saturated carbocycles. The number of nitrogens with zero attached hydrogens (tertiary/aromatic N) is 1.